The monoisotopic (exact) mass is 201 g/mol. The van der Waals surface area contributed by atoms with Gasteiger partial charge in [-0.3, -0.25) is 0 Å². The fourth-order valence-electron chi connectivity index (χ4n) is 1.45. The lowest BCUT2D eigenvalue weighted by Gasteiger charge is -2.29. The summed E-state index contributed by atoms with van der Waals surface area (Å²) in [6.45, 7) is 5.56. The largest absolute Gasteiger partial charge is 0.449 e. The molecule has 0 aromatic rings. The zero-order chi connectivity index (χ0) is 10.6. The standard InChI is InChI=1S/C10H19NO3/c1-8(2)7-14-10(13)11-5-3-4-9(12)6-11/h8-9,12H,3-7H2,1-2H3. The first-order valence-corrected chi connectivity index (χ1v) is 5.19. The molecular weight excluding hydrogens is 182 g/mol. The summed E-state index contributed by atoms with van der Waals surface area (Å²) < 4.78 is 5.07. The van der Waals surface area contributed by atoms with E-state index in [1.165, 1.54) is 0 Å². The van der Waals surface area contributed by atoms with Crippen molar-refractivity contribution in [2.75, 3.05) is 19.7 Å². The lowest BCUT2D eigenvalue weighted by Crippen LogP contribution is -2.42. The van der Waals surface area contributed by atoms with E-state index in [1.807, 2.05) is 13.8 Å². The number of carbonyl (C=O) groups is 1. The van der Waals surface area contributed by atoms with Crippen molar-refractivity contribution in [1.29, 1.82) is 0 Å². The number of amides is 1. The normalized spacial score (nSPS) is 22.6. The van der Waals surface area contributed by atoms with Gasteiger partial charge in [0.05, 0.1) is 12.7 Å². The Morgan fingerprint density at radius 1 is 1.64 bits per heavy atom. The van der Waals surface area contributed by atoms with Gasteiger partial charge < -0.3 is 14.7 Å². The van der Waals surface area contributed by atoms with Crippen LogP contribution in [0.2, 0.25) is 0 Å². The van der Waals surface area contributed by atoms with Gasteiger partial charge in [0, 0.05) is 13.1 Å². The number of β-amino-alcohol motifs (C(OH)–C–C–N with tert-alkyl or cyclic N) is 1. The molecule has 0 radical (unpaired) electrons. The third-order valence-corrected chi connectivity index (χ3v) is 2.19. The molecule has 1 aliphatic rings. The third-order valence-electron chi connectivity index (χ3n) is 2.19. The maximum atomic E-state index is 11.4. The van der Waals surface area contributed by atoms with Gasteiger partial charge in [0.25, 0.3) is 0 Å². The number of hydrogen-bond donors (Lipinski definition) is 1. The molecule has 1 heterocycles. The molecule has 1 amide bonds. The summed E-state index contributed by atoms with van der Waals surface area (Å²) in [4.78, 5) is 13.0. The fraction of sp³-hybridized carbons (Fsp3) is 0.900. The second kappa shape index (κ2) is 5.20. The Labute approximate surface area is 84.8 Å². The summed E-state index contributed by atoms with van der Waals surface area (Å²) in [5.41, 5.74) is 0. The second-order valence-electron chi connectivity index (χ2n) is 4.21. The smallest absolute Gasteiger partial charge is 0.409 e. The van der Waals surface area contributed by atoms with Gasteiger partial charge >= 0.3 is 6.09 Å². The van der Waals surface area contributed by atoms with Gasteiger partial charge in [-0.1, -0.05) is 13.8 Å². The number of aliphatic hydroxyl groups is 1. The summed E-state index contributed by atoms with van der Waals surface area (Å²) in [6.07, 6.45) is 0.971. The lowest BCUT2D eigenvalue weighted by atomic mass is 10.1. The molecule has 0 bridgehead atoms. The zero-order valence-electron chi connectivity index (χ0n) is 8.90. The molecule has 1 unspecified atom stereocenters. The minimum atomic E-state index is -0.379. The molecule has 0 spiro atoms. The third kappa shape index (κ3) is 3.54. The maximum absolute atomic E-state index is 11.4. The van der Waals surface area contributed by atoms with Crippen LogP contribution < -0.4 is 0 Å². The predicted molar refractivity (Wildman–Crippen MR) is 53.0 cm³/mol. The average Bonchev–Trinajstić information content (AvgIpc) is 2.14. The maximum Gasteiger partial charge on any atom is 0.409 e. The summed E-state index contributed by atoms with van der Waals surface area (Å²) in [6, 6.07) is 0. The van der Waals surface area contributed by atoms with Crippen molar-refractivity contribution in [2.24, 2.45) is 5.92 Å². The molecular formula is C10H19NO3. The van der Waals surface area contributed by atoms with Crippen molar-refractivity contribution in [3.05, 3.63) is 0 Å². The van der Waals surface area contributed by atoms with Crippen LogP contribution in [-0.2, 0) is 4.74 Å². The molecule has 1 atom stereocenters. The van der Waals surface area contributed by atoms with Crippen LogP contribution in [0.15, 0.2) is 0 Å². The summed E-state index contributed by atoms with van der Waals surface area (Å²) in [5.74, 6) is 0.355. The van der Waals surface area contributed by atoms with Crippen molar-refractivity contribution in [3.8, 4) is 0 Å². The quantitative estimate of drug-likeness (QED) is 0.731. The Hall–Kier alpha value is -0.770. The predicted octanol–water partition coefficient (Wildman–Crippen LogP) is 1.24. The first-order chi connectivity index (χ1) is 6.59. The second-order valence-corrected chi connectivity index (χ2v) is 4.21. The SMILES string of the molecule is CC(C)COC(=O)N1CCCC(O)C1. The number of nitrogens with zero attached hydrogens (tertiary/aromatic N) is 1. The minimum Gasteiger partial charge on any atom is -0.449 e. The van der Waals surface area contributed by atoms with E-state index in [4.69, 9.17) is 4.74 Å². The highest BCUT2D eigenvalue weighted by molar-refractivity contribution is 5.67. The molecule has 82 valence electrons. The molecule has 0 aliphatic carbocycles. The number of aliphatic hydroxyl groups excluding tert-OH is 1. The Kier molecular flexibility index (Phi) is 4.20. The molecule has 0 aromatic carbocycles. The number of rotatable bonds is 2. The molecule has 0 aromatic heterocycles. The van der Waals surface area contributed by atoms with Crippen LogP contribution in [0, 0.1) is 5.92 Å². The number of likely N-dealkylation sites (tertiary alicyclic amines) is 1. The van der Waals surface area contributed by atoms with Crippen LogP contribution in [0.1, 0.15) is 26.7 Å². The minimum absolute atomic E-state index is 0.294. The van der Waals surface area contributed by atoms with Crippen LogP contribution in [0.3, 0.4) is 0 Å². The average molecular weight is 201 g/mol. The summed E-state index contributed by atoms with van der Waals surface area (Å²) >= 11 is 0. The molecule has 1 aliphatic heterocycles. The molecule has 1 saturated heterocycles. The molecule has 4 nitrogen and oxygen atoms in total. The van der Waals surface area contributed by atoms with Gasteiger partial charge in [0.1, 0.15) is 0 Å². The van der Waals surface area contributed by atoms with Crippen LogP contribution in [0.25, 0.3) is 0 Å². The molecule has 1 fully saturated rings. The first kappa shape index (κ1) is 11.3. The summed E-state index contributed by atoms with van der Waals surface area (Å²) in [7, 11) is 0. The van der Waals surface area contributed by atoms with E-state index in [0.29, 0.717) is 25.6 Å². The van der Waals surface area contributed by atoms with E-state index in [2.05, 4.69) is 0 Å². The first-order valence-electron chi connectivity index (χ1n) is 5.19. The van der Waals surface area contributed by atoms with E-state index in [-0.39, 0.29) is 12.2 Å². The Morgan fingerprint density at radius 3 is 2.93 bits per heavy atom. The van der Waals surface area contributed by atoms with E-state index in [0.717, 1.165) is 12.8 Å². The van der Waals surface area contributed by atoms with Crippen molar-refractivity contribution in [2.45, 2.75) is 32.8 Å². The number of ether oxygens (including phenoxy) is 1. The molecule has 4 heteroatoms. The van der Waals surface area contributed by atoms with Gasteiger partial charge in [-0.15, -0.1) is 0 Å². The number of hydrogen-bond acceptors (Lipinski definition) is 3. The lowest BCUT2D eigenvalue weighted by molar-refractivity contribution is 0.0448. The van der Waals surface area contributed by atoms with Gasteiger partial charge in [-0.2, -0.15) is 0 Å². The van der Waals surface area contributed by atoms with Gasteiger partial charge in [0.2, 0.25) is 0 Å². The van der Waals surface area contributed by atoms with Crippen LogP contribution in [0.4, 0.5) is 4.79 Å². The molecule has 0 saturated carbocycles. The van der Waals surface area contributed by atoms with Crippen LogP contribution in [-0.4, -0.2) is 41.9 Å². The van der Waals surface area contributed by atoms with Crippen molar-refractivity contribution in [1.82, 2.24) is 4.90 Å². The van der Waals surface area contributed by atoms with Gasteiger partial charge in [0.15, 0.2) is 0 Å². The van der Waals surface area contributed by atoms with E-state index in [9.17, 15) is 9.90 Å². The zero-order valence-corrected chi connectivity index (χ0v) is 8.90. The van der Waals surface area contributed by atoms with E-state index in [1.54, 1.807) is 4.90 Å². The number of piperidine rings is 1. The summed E-state index contributed by atoms with van der Waals surface area (Å²) in [5, 5.41) is 9.36. The highest BCUT2D eigenvalue weighted by atomic mass is 16.6. The van der Waals surface area contributed by atoms with Crippen molar-refractivity contribution < 1.29 is 14.6 Å². The van der Waals surface area contributed by atoms with Crippen molar-refractivity contribution in [3.63, 3.8) is 0 Å². The highest BCUT2D eigenvalue weighted by Crippen LogP contribution is 2.11. The fourth-order valence-corrected chi connectivity index (χ4v) is 1.45. The topological polar surface area (TPSA) is 49.8 Å². The van der Waals surface area contributed by atoms with Gasteiger partial charge in [-0.25, -0.2) is 4.79 Å². The molecule has 1 N–H and O–H groups in total. The Morgan fingerprint density at radius 2 is 2.36 bits per heavy atom. The van der Waals surface area contributed by atoms with Crippen LogP contribution in [0.5, 0.6) is 0 Å². The molecule has 1 rings (SSSR count). The van der Waals surface area contributed by atoms with E-state index >= 15 is 0 Å². The van der Waals surface area contributed by atoms with Gasteiger partial charge in [-0.05, 0) is 18.8 Å². The Bertz CT molecular complexity index is 194. The Balaban J connectivity index is 2.29. The van der Waals surface area contributed by atoms with Crippen LogP contribution >= 0.6 is 0 Å². The van der Waals surface area contributed by atoms with Crippen molar-refractivity contribution >= 4 is 6.09 Å². The van der Waals surface area contributed by atoms with E-state index < -0.39 is 0 Å². The highest BCUT2D eigenvalue weighted by Gasteiger charge is 2.22. The molecule has 14 heavy (non-hydrogen) atoms. The number of carbonyl (C=O) groups excluding carboxylic acids is 1.